The van der Waals surface area contributed by atoms with Crippen molar-refractivity contribution in [3.05, 3.63) is 35.4 Å². The van der Waals surface area contributed by atoms with Crippen LogP contribution in [0.3, 0.4) is 0 Å². The molecule has 3 nitrogen and oxygen atoms in total. The van der Waals surface area contributed by atoms with Crippen LogP contribution < -0.4 is 4.72 Å². The van der Waals surface area contributed by atoms with Crippen molar-refractivity contribution in [3.63, 3.8) is 0 Å². The van der Waals surface area contributed by atoms with E-state index in [-0.39, 0.29) is 0 Å². The van der Waals surface area contributed by atoms with Crippen molar-refractivity contribution in [3.8, 4) is 0 Å². The Kier molecular flexibility index (Phi) is 6.28. The summed E-state index contributed by atoms with van der Waals surface area (Å²) in [6.07, 6.45) is -8.68. The molecule has 1 aromatic rings. The van der Waals surface area contributed by atoms with Crippen LogP contribution in [0.15, 0.2) is 18.2 Å². The third-order valence-electron chi connectivity index (χ3n) is 3.00. The van der Waals surface area contributed by atoms with Gasteiger partial charge in [-0.05, 0) is 26.8 Å². The third kappa shape index (κ3) is 5.50. The minimum absolute atomic E-state index is 0.425. The molecule has 3 unspecified atom stereocenters. The summed E-state index contributed by atoms with van der Waals surface area (Å²) < 4.78 is 78.5. The number of nitrogens with one attached hydrogen (secondary N) is 1. The Hall–Kier alpha value is -1.06. The molecule has 23 heavy (non-hydrogen) atoms. The summed E-state index contributed by atoms with van der Waals surface area (Å²) in [6, 6.07) is 1.56. The van der Waals surface area contributed by atoms with E-state index in [1.54, 1.807) is 20.8 Å². The van der Waals surface area contributed by atoms with E-state index in [4.69, 9.17) is 0 Å². The average molecular weight is 359 g/mol. The van der Waals surface area contributed by atoms with E-state index < -0.39 is 57.7 Å². The highest BCUT2D eigenvalue weighted by molar-refractivity contribution is 7.84. The van der Waals surface area contributed by atoms with Crippen LogP contribution in [0.2, 0.25) is 0 Å². The second-order valence-electron chi connectivity index (χ2n) is 5.99. The van der Waals surface area contributed by atoms with E-state index in [0.717, 1.165) is 18.2 Å². The molecule has 0 fully saturated rings. The Morgan fingerprint density at radius 3 is 2.26 bits per heavy atom. The Morgan fingerprint density at radius 1 is 1.22 bits per heavy atom. The van der Waals surface area contributed by atoms with Gasteiger partial charge in [0.1, 0.15) is 0 Å². The predicted molar refractivity (Wildman–Crippen MR) is 76.8 cm³/mol. The van der Waals surface area contributed by atoms with Crippen molar-refractivity contribution in [1.82, 2.24) is 4.72 Å². The molecule has 0 bridgehead atoms. The van der Waals surface area contributed by atoms with Crippen LogP contribution in [0, 0.1) is 11.6 Å². The molecule has 0 aliphatic heterocycles. The first-order valence-electron chi connectivity index (χ1n) is 6.70. The first kappa shape index (κ1) is 20.0. The van der Waals surface area contributed by atoms with Crippen LogP contribution in [-0.4, -0.2) is 26.3 Å². The van der Waals surface area contributed by atoms with Crippen LogP contribution in [0.25, 0.3) is 0 Å². The van der Waals surface area contributed by atoms with Crippen molar-refractivity contribution < 1.29 is 31.3 Å². The summed E-state index contributed by atoms with van der Waals surface area (Å²) >= 11 is 0. The van der Waals surface area contributed by atoms with Gasteiger partial charge in [-0.25, -0.2) is 17.7 Å². The lowest BCUT2D eigenvalue weighted by molar-refractivity contribution is -0.206. The highest BCUT2D eigenvalue weighted by Crippen LogP contribution is 2.31. The minimum Gasteiger partial charge on any atom is -0.384 e. The normalized spacial score (nSPS) is 16.9. The summed E-state index contributed by atoms with van der Waals surface area (Å²) in [6.45, 7) is 4.69. The number of alkyl halides is 3. The Bertz CT molecular complexity index is 571. The van der Waals surface area contributed by atoms with Gasteiger partial charge < -0.3 is 5.11 Å². The highest BCUT2D eigenvalue weighted by Gasteiger charge is 2.41. The molecular formula is C14H18F5NO2S. The van der Waals surface area contributed by atoms with Crippen LogP contribution in [0.5, 0.6) is 0 Å². The lowest BCUT2D eigenvalue weighted by Crippen LogP contribution is -2.39. The van der Waals surface area contributed by atoms with Gasteiger partial charge in [-0.3, -0.25) is 0 Å². The number of halogens is 5. The van der Waals surface area contributed by atoms with E-state index >= 15 is 0 Å². The zero-order valence-electron chi connectivity index (χ0n) is 12.7. The lowest BCUT2D eigenvalue weighted by Gasteiger charge is -2.27. The SMILES string of the molecule is CC(C)(C)S(=O)NC(CC(O)C(F)(F)F)c1cccc(F)c1F. The zero-order valence-corrected chi connectivity index (χ0v) is 13.6. The molecule has 0 saturated carbocycles. The zero-order chi connectivity index (χ0) is 18.0. The smallest absolute Gasteiger partial charge is 0.384 e. The van der Waals surface area contributed by atoms with E-state index in [1.165, 1.54) is 0 Å². The van der Waals surface area contributed by atoms with E-state index in [2.05, 4.69) is 4.72 Å². The maximum Gasteiger partial charge on any atom is 0.414 e. The van der Waals surface area contributed by atoms with Gasteiger partial charge in [0.25, 0.3) is 0 Å². The fraction of sp³-hybridized carbons (Fsp3) is 0.571. The Balaban J connectivity index is 3.16. The van der Waals surface area contributed by atoms with Gasteiger partial charge in [0.05, 0.1) is 21.8 Å². The average Bonchev–Trinajstić information content (AvgIpc) is 2.38. The molecule has 0 spiro atoms. The highest BCUT2D eigenvalue weighted by atomic mass is 32.2. The number of aliphatic hydroxyl groups excluding tert-OH is 1. The minimum atomic E-state index is -4.92. The van der Waals surface area contributed by atoms with Gasteiger partial charge in [0, 0.05) is 12.0 Å². The van der Waals surface area contributed by atoms with E-state index in [9.17, 15) is 31.3 Å². The van der Waals surface area contributed by atoms with Crippen LogP contribution in [0.1, 0.15) is 38.8 Å². The maximum absolute atomic E-state index is 13.9. The number of benzene rings is 1. The molecule has 0 heterocycles. The van der Waals surface area contributed by atoms with E-state index in [1.807, 2.05) is 0 Å². The number of rotatable bonds is 5. The molecule has 0 saturated heterocycles. The van der Waals surface area contributed by atoms with Crippen molar-refractivity contribution in [1.29, 1.82) is 0 Å². The maximum atomic E-state index is 13.9. The van der Waals surface area contributed by atoms with Crippen LogP contribution in [-0.2, 0) is 11.0 Å². The third-order valence-corrected chi connectivity index (χ3v) is 4.61. The second-order valence-corrected chi connectivity index (χ2v) is 7.99. The van der Waals surface area contributed by atoms with Gasteiger partial charge in [-0.1, -0.05) is 12.1 Å². The van der Waals surface area contributed by atoms with Crippen LogP contribution >= 0.6 is 0 Å². The molecule has 0 radical (unpaired) electrons. The Labute approximate surface area is 133 Å². The lowest BCUT2D eigenvalue weighted by atomic mass is 10.0. The van der Waals surface area contributed by atoms with Gasteiger partial charge in [0.2, 0.25) is 0 Å². The topological polar surface area (TPSA) is 49.3 Å². The molecule has 2 N–H and O–H groups in total. The van der Waals surface area contributed by atoms with Gasteiger partial charge in [0.15, 0.2) is 17.7 Å². The number of hydrogen-bond acceptors (Lipinski definition) is 2. The van der Waals surface area contributed by atoms with Gasteiger partial charge >= 0.3 is 6.18 Å². The summed E-state index contributed by atoms with van der Waals surface area (Å²) in [4.78, 5) is 0. The summed E-state index contributed by atoms with van der Waals surface area (Å²) in [7, 11) is -1.84. The molecule has 132 valence electrons. The molecule has 3 atom stereocenters. The van der Waals surface area contributed by atoms with E-state index in [0.29, 0.717) is 0 Å². The largest absolute Gasteiger partial charge is 0.414 e. The monoisotopic (exact) mass is 359 g/mol. The van der Waals surface area contributed by atoms with Gasteiger partial charge in [-0.2, -0.15) is 13.2 Å². The van der Waals surface area contributed by atoms with Crippen LogP contribution in [0.4, 0.5) is 22.0 Å². The molecule has 0 amide bonds. The summed E-state index contributed by atoms with van der Waals surface area (Å²) in [5, 5.41) is 9.21. The first-order chi connectivity index (χ1) is 10.3. The number of hydrogen-bond donors (Lipinski definition) is 2. The first-order valence-corrected chi connectivity index (χ1v) is 7.85. The van der Waals surface area contributed by atoms with Crippen molar-refractivity contribution in [2.75, 3.05) is 0 Å². The quantitative estimate of drug-likeness (QED) is 0.792. The molecule has 1 aromatic carbocycles. The molecule has 0 aliphatic carbocycles. The standard InChI is InChI=1S/C14H18F5NO2S/c1-13(2,3)23(22)20-10(7-11(21)14(17,18)19)8-5-4-6-9(15)12(8)16/h4-6,10-11,20-21H,7H2,1-3H3. The van der Waals surface area contributed by atoms with Crippen molar-refractivity contribution >= 4 is 11.0 Å². The fourth-order valence-electron chi connectivity index (χ4n) is 1.69. The predicted octanol–water partition coefficient (Wildman–Crippen LogP) is 3.37. The molecule has 9 heteroatoms. The second kappa shape index (κ2) is 7.23. The molecule has 1 rings (SSSR count). The Morgan fingerprint density at radius 2 is 1.78 bits per heavy atom. The fourth-order valence-corrected chi connectivity index (χ4v) is 2.53. The summed E-state index contributed by atoms with van der Waals surface area (Å²) in [5.74, 6) is -2.58. The van der Waals surface area contributed by atoms with Crippen molar-refractivity contribution in [2.24, 2.45) is 0 Å². The van der Waals surface area contributed by atoms with Crippen molar-refractivity contribution in [2.45, 2.75) is 50.3 Å². The number of aliphatic hydroxyl groups is 1. The van der Waals surface area contributed by atoms with Gasteiger partial charge in [-0.15, -0.1) is 0 Å². The molecular weight excluding hydrogens is 341 g/mol. The summed E-state index contributed by atoms with van der Waals surface area (Å²) in [5.41, 5.74) is -0.425. The molecule has 0 aliphatic rings. The molecule has 0 aromatic heterocycles.